The van der Waals surface area contributed by atoms with Crippen molar-refractivity contribution in [1.29, 1.82) is 5.26 Å². The van der Waals surface area contributed by atoms with Crippen molar-refractivity contribution in [3.8, 4) is 11.8 Å². The van der Waals surface area contributed by atoms with E-state index < -0.39 is 44.8 Å². The number of aryl methyl sites for hydroxylation is 1. The summed E-state index contributed by atoms with van der Waals surface area (Å²) >= 11 is 0. The molecule has 0 saturated carbocycles. The molecule has 1 aromatic carbocycles. The van der Waals surface area contributed by atoms with Crippen LogP contribution in [0.25, 0.3) is 5.69 Å². The molecule has 1 aliphatic carbocycles. The zero-order valence-electron chi connectivity index (χ0n) is 13.7. The summed E-state index contributed by atoms with van der Waals surface area (Å²) < 4.78 is 66.4. The molecule has 1 N–H and O–H groups in total. The Morgan fingerprint density at radius 3 is 2.69 bits per heavy atom. The fraction of sp³-hybridized carbons (Fsp3) is 0.353. The summed E-state index contributed by atoms with van der Waals surface area (Å²) in [6.45, 7) is 1.68. The Kier molecular flexibility index (Phi) is 4.37. The fourth-order valence-electron chi connectivity index (χ4n) is 3.18. The number of aliphatic hydroxyl groups is 1. The van der Waals surface area contributed by atoms with Gasteiger partial charge in [0.2, 0.25) is 9.84 Å². The highest BCUT2D eigenvalue weighted by Crippen LogP contribution is 2.45. The zero-order chi connectivity index (χ0) is 19.3. The highest BCUT2D eigenvalue weighted by atomic mass is 32.2. The van der Waals surface area contributed by atoms with E-state index in [1.165, 1.54) is 16.7 Å². The number of aromatic nitrogens is 1. The van der Waals surface area contributed by atoms with Crippen LogP contribution in [0.4, 0.5) is 13.2 Å². The second kappa shape index (κ2) is 6.14. The van der Waals surface area contributed by atoms with Gasteiger partial charge in [0, 0.05) is 29.6 Å². The maximum Gasteiger partial charge on any atom is 0.278 e. The maximum atomic E-state index is 13.9. The van der Waals surface area contributed by atoms with Gasteiger partial charge in [0.25, 0.3) is 5.92 Å². The van der Waals surface area contributed by atoms with Gasteiger partial charge in [-0.1, -0.05) is 0 Å². The van der Waals surface area contributed by atoms with Gasteiger partial charge in [0.1, 0.15) is 6.10 Å². The predicted molar refractivity (Wildman–Crippen MR) is 86.6 cm³/mol. The van der Waals surface area contributed by atoms with E-state index in [9.17, 15) is 26.7 Å². The van der Waals surface area contributed by atoms with Crippen LogP contribution in [0.2, 0.25) is 0 Å². The molecule has 1 atom stereocenters. The number of fused-ring (bicyclic) bond motifs is 1. The van der Waals surface area contributed by atoms with Gasteiger partial charge in [-0.3, -0.25) is 0 Å². The topological polar surface area (TPSA) is 83.1 Å². The average Bonchev–Trinajstić information content (AvgIpc) is 2.99. The lowest BCUT2D eigenvalue weighted by Crippen LogP contribution is -2.33. The molecule has 0 bridgehead atoms. The Bertz CT molecular complexity index is 1020. The minimum absolute atomic E-state index is 0.180. The number of aliphatic hydroxyl groups excluding tert-OH is 1. The molecule has 0 aliphatic heterocycles. The van der Waals surface area contributed by atoms with Gasteiger partial charge in [-0.15, -0.1) is 0 Å². The Morgan fingerprint density at radius 2 is 2.12 bits per heavy atom. The molecule has 0 amide bonds. The monoisotopic (exact) mass is 384 g/mol. The van der Waals surface area contributed by atoms with E-state index in [2.05, 4.69) is 0 Å². The van der Waals surface area contributed by atoms with Crippen LogP contribution in [0.5, 0.6) is 0 Å². The summed E-state index contributed by atoms with van der Waals surface area (Å²) in [7, 11) is -4.47. The van der Waals surface area contributed by atoms with E-state index in [0.717, 1.165) is 6.20 Å². The van der Waals surface area contributed by atoms with Crippen molar-refractivity contribution >= 4 is 9.84 Å². The number of nitrogens with zero attached hydrogens (tertiary/aromatic N) is 2. The molecule has 0 spiro atoms. The van der Waals surface area contributed by atoms with Crippen molar-refractivity contribution < 1.29 is 26.7 Å². The summed E-state index contributed by atoms with van der Waals surface area (Å²) in [6, 6.07) is 4.90. The van der Waals surface area contributed by atoms with E-state index >= 15 is 0 Å². The van der Waals surface area contributed by atoms with Gasteiger partial charge < -0.3 is 9.67 Å². The second-order valence-corrected chi connectivity index (χ2v) is 8.11. The first kappa shape index (κ1) is 18.5. The number of hydrogen-bond donors (Lipinski definition) is 1. The molecular formula is C17H15F3N2O3S. The lowest BCUT2D eigenvalue weighted by molar-refractivity contribution is -0.123. The molecule has 1 aliphatic rings. The van der Waals surface area contributed by atoms with Crippen LogP contribution in [0.15, 0.2) is 29.3 Å². The maximum absolute atomic E-state index is 13.9. The van der Waals surface area contributed by atoms with E-state index in [0.29, 0.717) is 16.8 Å². The van der Waals surface area contributed by atoms with Crippen molar-refractivity contribution in [3.63, 3.8) is 0 Å². The van der Waals surface area contributed by atoms with Gasteiger partial charge in [0.15, 0.2) is 6.01 Å². The first-order valence-electron chi connectivity index (χ1n) is 7.72. The molecule has 3 rings (SSSR count). The molecule has 1 aromatic heterocycles. The van der Waals surface area contributed by atoms with Crippen LogP contribution >= 0.6 is 0 Å². The number of nitriles is 1. The lowest BCUT2D eigenvalue weighted by Gasteiger charge is -2.29. The van der Waals surface area contributed by atoms with Gasteiger partial charge in [0.05, 0.1) is 16.5 Å². The van der Waals surface area contributed by atoms with E-state index in [1.807, 2.05) is 6.07 Å². The molecule has 5 nitrogen and oxygen atoms in total. The molecule has 0 saturated heterocycles. The Balaban J connectivity index is 2.28. The van der Waals surface area contributed by atoms with E-state index in [-0.39, 0.29) is 12.1 Å². The van der Waals surface area contributed by atoms with Gasteiger partial charge in [-0.05, 0) is 37.1 Å². The van der Waals surface area contributed by atoms with Crippen molar-refractivity contribution in [2.45, 2.75) is 36.7 Å². The number of sulfone groups is 1. The van der Waals surface area contributed by atoms with Crippen LogP contribution in [-0.4, -0.2) is 30.0 Å². The highest BCUT2D eigenvalue weighted by molar-refractivity contribution is 7.91. The van der Waals surface area contributed by atoms with Gasteiger partial charge in [-0.2, -0.15) is 5.26 Å². The predicted octanol–water partition coefficient (Wildman–Crippen LogP) is 2.97. The van der Waals surface area contributed by atoms with Crippen LogP contribution in [0.3, 0.4) is 0 Å². The quantitative estimate of drug-likeness (QED) is 0.882. The Labute approximate surface area is 148 Å². The smallest absolute Gasteiger partial charge is 0.278 e. The van der Waals surface area contributed by atoms with Crippen LogP contribution in [0.1, 0.15) is 34.9 Å². The minimum Gasteiger partial charge on any atom is -0.382 e. The standard InChI is InChI=1S/C17H15F3N2O3S/c1-10-6-12(3-2-11(10)7-21)22-8-14(26(24,25)9-18)15-13(22)4-5-17(19,20)16(15)23/h2-3,6,8,16,23H,4-5,9H2,1H3/t16-/m0/s1. The molecule has 2 aromatic rings. The molecule has 0 unspecified atom stereocenters. The van der Waals surface area contributed by atoms with Gasteiger partial charge >= 0.3 is 0 Å². The number of alkyl halides is 3. The van der Waals surface area contributed by atoms with Crippen LogP contribution in [-0.2, 0) is 16.3 Å². The summed E-state index contributed by atoms with van der Waals surface area (Å²) in [5, 5.41) is 19.0. The highest BCUT2D eigenvalue weighted by Gasteiger charge is 2.47. The summed E-state index contributed by atoms with van der Waals surface area (Å²) in [5.74, 6) is -3.50. The molecule has 138 valence electrons. The van der Waals surface area contributed by atoms with Crippen molar-refractivity contribution in [2.75, 3.05) is 6.01 Å². The van der Waals surface area contributed by atoms with Crippen molar-refractivity contribution in [2.24, 2.45) is 0 Å². The number of halogens is 3. The van der Waals surface area contributed by atoms with E-state index in [1.54, 1.807) is 13.0 Å². The summed E-state index contributed by atoms with van der Waals surface area (Å²) in [5.41, 5.74) is 1.21. The first-order valence-corrected chi connectivity index (χ1v) is 9.37. The van der Waals surface area contributed by atoms with Crippen molar-refractivity contribution in [3.05, 3.63) is 46.8 Å². The third-order valence-electron chi connectivity index (χ3n) is 4.57. The molecular weight excluding hydrogens is 369 g/mol. The lowest BCUT2D eigenvalue weighted by atomic mass is 9.91. The number of hydrogen-bond acceptors (Lipinski definition) is 4. The first-order chi connectivity index (χ1) is 12.1. The van der Waals surface area contributed by atoms with Crippen LogP contribution in [0, 0.1) is 18.3 Å². The largest absolute Gasteiger partial charge is 0.382 e. The SMILES string of the molecule is Cc1cc(-n2cc(S(=O)(=O)CF)c3c2CCC(F)(F)[C@H]3O)ccc1C#N. The average molecular weight is 384 g/mol. The number of benzene rings is 1. The Hall–Kier alpha value is -2.31. The van der Waals surface area contributed by atoms with Gasteiger partial charge in [-0.25, -0.2) is 21.6 Å². The summed E-state index contributed by atoms with van der Waals surface area (Å²) in [6.07, 6.45) is -2.11. The molecule has 9 heteroatoms. The van der Waals surface area contributed by atoms with E-state index in [4.69, 9.17) is 5.26 Å². The summed E-state index contributed by atoms with van der Waals surface area (Å²) in [4.78, 5) is -0.635. The zero-order valence-corrected chi connectivity index (χ0v) is 14.5. The van der Waals surface area contributed by atoms with Crippen LogP contribution < -0.4 is 0 Å². The van der Waals surface area contributed by atoms with Crippen molar-refractivity contribution in [1.82, 2.24) is 4.57 Å². The number of rotatable bonds is 3. The molecule has 1 heterocycles. The fourth-order valence-corrected chi connectivity index (χ4v) is 4.13. The molecule has 0 radical (unpaired) electrons. The molecule has 26 heavy (non-hydrogen) atoms. The Morgan fingerprint density at radius 1 is 1.42 bits per heavy atom. The molecule has 0 fully saturated rings. The minimum atomic E-state index is -4.47. The normalized spacial score (nSPS) is 19.0. The third-order valence-corrected chi connectivity index (χ3v) is 5.85. The second-order valence-electron chi connectivity index (χ2n) is 6.22. The third kappa shape index (κ3) is 2.79.